The van der Waals surface area contributed by atoms with Crippen LogP contribution >= 0.6 is 0 Å². The van der Waals surface area contributed by atoms with Crippen LogP contribution in [-0.2, 0) is 4.79 Å². The average molecular weight is 384 g/mol. The number of nitrogens with one attached hydrogen (secondary N) is 3. The molecule has 0 aromatic heterocycles. The number of piperazine rings is 1. The van der Waals surface area contributed by atoms with Crippen LogP contribution in [0.5, 0.6) is 5.75 Å². The number of amides is 1. The van der Waals surface area contributed by atoms with E-state index < -0.39 is 0 Å². The lowest BCUT2D eigenvalue weighted by molar-refractivity contribution is -0.134. The van der Waals surface area contributed by atoms with Crippen LogP contribution in [0.25, 0.3) is 0 Å². The van der Waals surface area contributed by atoms with Gasteiger partial charge in [0, 0.05) is 25.7 Å². The van der Waals surface area contributed by atoms with Gasteiger partial charge in [-0.1, -0.05) is 42.5 Å². The molecule has 2 aromatic rings. The van der Waals surface area contributed by atoms with E-state index in [4.69, 9.17) is 4.74 Å². The SMILES string of the molecule is O=C(C1CC(COc2ccccc2F)NN1)N1CCNC(c2ccccc2)C1. The summed E-state index contributed by atoms with van der Waals surface area (Å²) in [6, 6.07) is 16.3. The number of hydrazine groups is 1. The lowest BCUT2D eigenvalue weighted by atomic mass is 10.0. The molecular weight excluding hydrogens is 359 g/mol. The minimum atomic E-state index is -0.381. The molecule has 2 aliphatic rings. The smallest absolute Gasteiger partial charge is 0.241 e. The van der Waals surface area contributed by atoms with E-state index in [1.807, 2.05) is 23.1 Å². The number of nitrogens with zero attached hydrogens (tertiary/aromatic N) is 1. The van der Waals surface area contributed by atoms with Gasteiger partial charge in [-0.15, -0.1) is 0 Å². The largest absolute Gasteiger partial charge is 0.489 e. The monoisotopic (exact) mass is 384 g/mol. The van der Waals surface area contributed by atoms with Crippen molar-refractivity contribution in [3.05, 3.63) is 66.0 Å². The van der Waals surface area contributed by atoms with Crippen LogP contribution < -0.4 is 20.9 Å². The van der Waals surface area contributed by atoms with Gasteiger partial charge in [-0.25, -0.2) is 9.82 Å². The van der Waals surface area contributed by atoms with E-state index in [0.717, 1.165) is 6.54 Å². The Balaban J connectivity index is 1.30. The van der Waals surface area contributed by atoms with E-state index in [0.29, 0.717) is 26.1 Å². The van der Waals surface area contributed by atoms with Crippen LogP contribution in [0, 0.1) is 5.82 Å². The first-order valence-electron chi connectivity index (χ1n) is 9.66. The summed E-state index contributed by atoms with van der Waals surface area (Å²) in [6.07, 6.45) is 0.604. The molecule has 2 aliphatic heterocycles. The predicted molar refractivity (Wildman–Crippen MR) is 104 cm³/mol. The molecule has 6 nitrogen and oxygen atoms in total. The van der Waals surface area contributed by atoms with Crippen LogP contribution in [-0.4, -0.2) is 49.1 Å². The lowest BCUT2D eigenvalue weighted by Crippen LogP contribution is -2.53. The number of carbonyl (C=O) groups excluding carboxylic acids is 1. The molecule has 2 fully saturated rings. The molecule has 4 rings (SSSR count). The summed E-state index contributed by atoms with van der Waals surface area (Å²) in [5.41, 5.74) is 7.36. The summed E-state index contributed by atoms with van der Waals surface area (Å²) in [5.74, 6) is -0.0657. The van der Waals surface area contributed by atoms with Crippen molar-refractivity contribution >= 4 is 5.91 Å². The highest BCUT2D eigenvalue weighted by molar-refractivity contribution is 5.82. The molecule has 28 heavy (non-hydrogen) atoms. The van der Waals surface area contributed by atoms with Crippen LogP contribution in [0.1, 0.15) is 18.0 Å². The second kappa shape index (κ2) is 8.68. The number of carbonyl (C=O) groups is 1. The molecular formula is C21H25FN4O2. The Hall–Kier alpha value is -2.48. The standard InChI is InChI=1S/C21H25FN4O2/c22-17-8-4-5-9-20(17)28-14-16-12-18(25-24-16)21(27)26-11-10-23-19(13-26)15-6-2-1-3-7-15/h1-9,16,18-19,23-25H,10-14H2. The Kier molecular flexibility index (Phi) is 5.85. The van der Waals surface area contributed by atoms with Gasteiger partial charge in [0.25, 0.3) is 0 Å². The number of para-hydroxylation sites is 1. The first kappa shape index (κ1) is 18.9. The average Bonchev–Trinajstić information content (AvgIpc) is 3.22. The van der Waals surface area contributed by atoms with E-state index in [-0.39, 0.29) is 35.6 Å². The van der Waals surface area contributed by atoms with Gasteiger partial charge in [0.1, 0.15) is 12.6 Å². The maximum atomic E-state index is 13.7. The van der Waals surface area contributed by atoms with Crippen molar-refractivity contribution in [1.29, 1.82) is 0 Å². The summed E-state index contributed by atoms with van der Waals surface area (Å²) in [6.45, 7) is 2.41. The molecule has 2 aromatic carbocycles. The zero-order valence-electron chi connectivity index (χ0n) is 15.6. The van der Waals surface area contributed by atoms with Gasteiger partial charge >= 0.3 is 0 Å². The zero-order chi connectivity index (χ0) is 19.3. The third-order valence-corrected chi connectivity index (χ3v) is 5.25. The highest BCUT2D eigenvalue weighted by Crippen LogP contribution is 2.20. The maximum Gasteiger partial charge on any atom is 0.241 e. The van der Waals surface area contributed by atoms with Crippen LogP contribution in [0.3, 0.4) is 0 Å². The summed E-state index contributed by atoms with van der Waals surface area (Å²) in [4.78, 5) is 14.9. The van der Waals surface area contributed by atoms with Crippen molar-refractivity contribution in [2.24, 2.45) is 0 Å². The molecule has 3 N–H and O–H groups in total. The van der Waals surface area contributed by atoms with E-state index in [2.05, 4.69) is 28.3 Å². The fourth-order valence-electron chi connectivity index (χ4n) is 3.72. The third kappa shape index (κ3) is 4.32. The van der Waals surface area contributed by atoms with Gasteiger partial charge < -0.3 is 15.0 Å². The lowest BCUT2D eigenvalue weighted by Gasteiger charge is -2.35. The minimum absolute atomic E-state index is 0.0543. The quantitative estimate of drug-likeness (QED) is 0.731. The fourth-order valence-corrected chi connectivity index (χ4v) is 3.72. The van der Waals surface area contributed by atoms with Crippen molar-refractivity contribution in [3.8, 4) is 5.75 Å². The minimum Gasteiger partial charge on any atom is -0.489 e. The highest BCUT2D eigenvalue weighted by Gasteiger charge is 2.34. The number of hydrogen-bond donors (Lipinski definition) is 3. The first-order valence-corrected chi connectivity index (χ1v) is 9.66. The van der Waals surface area contributed by atoms with Crippen molar-refractivity contribution < 1.29 is 13.9 Å². The van der Waals surface area contributed by atoms with Gasteiger partial charge in [0.05, 0.1) is 6.04 Å². The van der Waals surface area contributed by atoms with Crippen molar-refractivity contribution in [1.82, 2.24) is 21.1 Å². The second-order valence-electron chi connectivity index (χ2n) is 7.22. The molecule has 2 heterocycles. The number of benzene rings is 2. The van der Waals surface area contributed by atoms with Gasteiger partial charge in [0.2, 0.25) is 5.91 Å². The molecule has 0 spiro atoms. The summed E-state index contributed by atoms with van der Waals surface area (Å²) < 4.78 is 19.2. The molecule has 0 aliphatic carbocycles. The van der Waals surface area contributed by atoms with E-state index in [1.165, 1.54) is 11.6 Å². The highest BCUT2D eigenvalue weighted by atomic mass is 19.1. The zero-order valence-corrected chi connectivity index (χ0v) is 15.6. The van der Waals surface area contributed by atoms with Crippen LogP contribution in [0.2, 0.25) is 0 Å². The van der Waals surface area contributed by atoms with E-state index >= 15 is 0 Å². The Bertz CT molecular complexity index is 804. The third-order valence-electron chi connectivity index (χ3n) is 5.25. The molecule has 0 saturated carbocycles. The van der Waals surface area contributed by atoms with Crippen LogP contribution in [0.4, 0.5) is 4.39 Å². The molecule has 2 saturated heterocycles. The summed E-state index contributed by atoms with van der Waals surface area (Å²) >= 11 is 0. The fraction of sp³-hybridized carbons (Fsp3) is 0.381. The first-order chi connectivity index (χ1) is 13.7. The Morgan fingerprint density at radius 3 is 2.71 bits per heavy atom. The van der Waals surface area contributed by atoms with Gasteiger partial charge in [0.15, 0.2) is 11.6 Å². The topological polar surface area (TPSA) is 65.6 Å². The molecule has 1 amide bonds. The van der Waals surface area contributed by atoms with Crippen LogP contribution in [0.15, 0.2) is 54.6 Å². The number of rotatable bonds is 5. The van der Waals surface area contributed by atoms with E-state index in [1.54, 1.807) is 18.2 Å². The molecule has 148 valence electrons. The Morgan fingerprint density at radius 2 is 1.89 bits per heavy atom. The van der Waals surface area contributed by atoms with E-state index in [9.17, 15) is 9.18 Å². The van der Waals surface area contributed by atoms with Gasteiger partial charge in [-0.2, -0.15) is 0 Å². The van der Waals surface area contributed by atoms with Crippen molar-refractivity contribution in [3.63, 3.8) is 0 Å². The maximum absolute atomic E-state index is 13.7. The molecule has 7 heteroatoms. The molecule has 3 atom stereocenters. The predicted octanol–water partition coefficient (Wildman–Crippen LogP) is 1.61. The molecule has 3 unspecified atom stereocenters. The number of ether oxygens (including phenoxy) is 1. The number of halogens is 1. The van der Waals surface area contributed by atoms with Crippen molar-refractivity contribution in [2.75, 3.05) is 26.2 Å². The number of hydrogen-bond acceptors (Lipinski definition) is 5. The molecule has 0 radical (unpaired) electrons. The van der Waals surface area contributed by atoms with Crippen molar-refractivity contribution in [2.45, 2.75) is 24.5 Å². The molecule has 0 bridgehead atoms. The Morgan fingerprint density at radius 1 is 1.11 bits per heavy atom. The summed E-state index contributed by atoms with van der Waals surface area (Å²) in [7, 11) is 0. The normalized spacial score (nSPS) is 24.9. The summed E-state index contributed by atoms with van der Waals surface area (Å²) in [5, 5.41) is 3.48. The Labute approximate surface area is 164 Å². The second-order valence-corrected chi connectivity index (χ2v) is 7.22. The van der Waals surface area contributed by atoms with Gasteiger partial charge in [-0.3, -0.25) is 10.2 Å². The van der Waals surface area contributed by atoms with Gasteiger partial charge in [-0.05, 0) is 24.1 Å².